The summed E-state index contributed by atoms with van der Waals surface area (Å²) in [7, 11) is 0. The van der Waals surface area contributed by atoms with Crippen LogP contribution in [0.5, 0.6) is 0 Å². The summed E-state index contributed by atoms with van der Waals surface area (Å²) in [5.41, 5.74) is 4.76. The highest BCUT2D eigenvalue weighted by Crippen LogP contribution is 2.32. The van der Waals surface area contributed by atoms with E-state index in [1.54, 1.807) is 12.4 Å². The van der Waals surface area contributed by atoms with Gasteiger partial charge in [0.05, 0.1) is 0 Å². The molecule has 4 heteroatoms. The molecule has 4 rings (SSSR count). The fourth-order valence-corrected chi connectivity index (χ4v) is 4.22. The van der Waals surface area contributed by atoms with Crippen molar-refractivity contribution in [1.82, 2.24) is 4.90 Å². The van der Waals surface area contributed by atoms with Crippen molar-refractivity contribution >= 4 is 11.5 Å². The summed E-state index contributed by atoms with van der Waals surface area (Å²) in [6.07, 6.45) is 12.8. The number of nitrogens with two attached hydrogens (primary N) is 1. The summed E-state index contributed by atoms with van der Waals surface area (Å²) in [6, 6.07) is 13.7. The number of likely N-dealkylation sites (tertiary alicyclic amines) is 1. The smallest absolute Gasteiger partial charge is 0.260 e. The van der Waals surface area contributed by atoms with Crippen LogP contribution in [0.4, 0.5) is 0 Å². The number of hydrogen-bond acceptors (Lipinski definition) is 2. The molecular weight excluding hydrogens is 334 g/mol. The molecule has 1 aromatic heterocycles. The van der Waals surface area contributed by atoms with Gasteiger partial charge in [-0.15, -0.1) is 0 Å². The molecule has 1 amide bonds. The van der Waals surface area contributed by atoms with E-state index in [4.69, 9.17) is 5.84 Å². The van der Waals surface area contributed by atoms with Crippen LogP contribution in [0.3, 0.4) is 0 Å². The Morgan fingerprint density at radius 1 is 1.22 bits per heavy atom. The van der Waals surface area contributed by atoms with Gasteiger partial charge >= 0.3 is 0 Å². The molecule has 2 N–H and O–H groups in total. The largest absolute Gasteiger partial charge is 0.338 e. The monoisotopic (exact) mass is 361 g/mol. The first-order chi connectivity index (χ1) is 13.2. The summed E-state index contributed by atoms with van der Waals surface area (Å²) < 4.78 is 1.43. The van der Waals surface area contributed by atoms with E-state index in [0.717, 1.165) is 25.9 Å². The van der Waals surface area contributed by atoms with Crippen LogP contribution in [0.1, 0.15) is 65.9 Å². The van der Waals surface area contributed by atoms with Crippen molar-refractivity contribution in [3.63, 3.8) is 0 Å². The lowest BCUT2D eigenvalue weighted by atomic mass is 9.86. The molecule has 139 valence electrons. The van der Waals surface area contributed by atoms with Crippen LogP contribution in [0.2, 0.25) is 0 Å². The number of amides is 1. The van der Waals surface area contributed by atoms with Crippen LogP contribution < -0.4 is 10.5 Å². The zero-order chi connectivity index (χ0) is 18.6. The molecule has 2 heterocycles. The third kappa shape index (κ3) is 4.05. The van der Waals surface area contributed by atoms with Crippen molar-refractivity contribution in [2.75, 3.05) is 18.9 Å². The number of allylic oxidation sites excluding steroid dienone is 2. The molecule has 0 saturated carbocycles. The Morgan fingerprint density at radius 3 is 2.81 bits per heavy atom. The highest BCUT2D eigenvalue weighted by molar-refractivity contribution is 5.93. The average molecular weight is 361 g/mol. The third-order valence-electron chi connectivity index (χ3n) is 5.79. The molecule has 27 heavy (non-hydrogen) atoms. The van der Waals surface area contributed by atoms with E-state index in [2.05, 4.69) is 30.3 Å². The quantitative estimate of drug-likeness (QED) is 0.672. The molecule has 1 aliphatic carbocycles. The van der Waals surface area contributed by atoms with Gasteiger partial charge in [-0.1, -0.05) is 29.0 Å². The minimum absolute atomic E-state index is 0.0719. The lowest BCUT2D eigenvalue weighted by Crippen LogP contribution is -2.45. The highest BCUT2D eigenvalue weighted by Gasteiger charge is 2.26. The Balaban J connectivity index is 1.42. The van der Waals surface area contributed by atoms with E-state index in [9.17, 15) is 4.79 Å². The van der Waals surface area contributed by atoms with Gasteiger partial charge in [-0.25, -0.2) is 5.84 Å². The average Bonchev–Trinajstić information content (AvgIpc) is 2.74. The summed E-state index contributed by atoms with van der Waals surface area (Å²) in [4.78, 5) is 14.7. The topological polar surface area (TPSA) is 50.2 Å². The van der Waals surface area contributed by atoms with E-state index in [1.165, 1.54) is 47.1 Å². The maximum atomic E-state index is 12.7. The Labute approximate surface area is 161 Å². The zero-order valence-corrected chi connectivity index (χ0v) is 15.7. The summed E-state index contributed by atoms with van der Waals surface area (Å²) >= 11 is 0. The second-order valence-corrected chi connectivity index (χ2v) is 7.62. The maximum absolute atomic E-state index is 12.7. The number of aromatic nitrogens is 1. The molecule has 0 spiro atoms. The van der Waals surface area contributed by atoms with Crippen LogP contribution in [-0.2, 0) is 0 Å². The molecule has 1 aliphatic heterocycles. The fraction of sp³-hybridized carbons (Fsp3) is 0.391. The maximum Gasteiger partial charge on any atom is 0.260 e. The number of rotatable bonds is 3. The lowest BCUT2D eigenvalue weighted by Gasteiger charge is -2.32. The van der Waals surface area contributed by atoms with Crippen LogP contribution in [0.15, 0.2) is 48.8 Å². The van der Waals surface area contributed by atoms with Gasteiger partial charge in [-0.3, -0.25) is 4.79 Å². The second kappa shape index (κ2) is 7.95. The first kappa shape index (κ1) is 17.8. The first-order valence-electron chi connectivity index (χ1n) is 9.97. The molecule has 4 nitrogen and oxygen atoms in total. The summed E-state index contributed by atoms with van der Waals surface area (Å²) in [6.45, 7) is 1.58. The molecule has 1 aromatic carbocycles. The highest BCUT2D eigenvalue weighted by atomic mass is 16.2. The van der Waals surface area contributed by atoms with Crippen molar-refractivity contribution in [3.05, 3.63) is 71.6 Å². The van der Waals surface area contributed by atoms with Crippen molar-refractivity contribution in [1.29, 1.82) is 0 Å². The number of carbonyl (C=O) groups excluding carboxylic acids is 1. The van der Waals surface area contributed by atoms with Gasteiger partial charge in [0.15, 0.2) is 6.20 Å². The molecule has 2 aliphatic rings. The Kier molecular flexibility index (Phi) is 5.23. The molecule has 0 bridgehead atoms. The molecule has 0 unspecified atom stereocenters. The number of hydrogen-bond donors (Lipinski definition) is 1. The van der Waals surface area contributed by atoms with Gasteiger partial charge in [-0.2, -0.15) is 0 Å². The van der Waals surface area contributed by atoms with Crippen LogP contribution >= 0.6 is 0 Å². The number of piperidine rings is 1. The van der Waals surface area contributed by atoms with Gasteiger partial charge in [0.1, 0.15) is 5.56 Å². The van der Waals surface area contributed by atoms with E-state index in [0.29, 0.717) is 11.5 Å². The fourth-order valence-electron chi connectivity index (χ4n) is 4.22. The number of pyridine rings is 1. The van der Waals surface area contributed by atoms with Crippen LogP contribution in [0, 0.1) is 6.07 Å². The van der Waals surface area contributed by atoms with Gasteiger partial charge < -0.3 is 4.90 Å². The minimum atomic E-state index is 0.0719. The Bertz CT molecular complexity index is 850. The first-order valence-corrected chi connectivity index (χ1v) is 9.97. The molecule has 1 fully saturated rings. The van der Waals surface area contributed by atoms with Crippen LogP contribution in [0.25, 0.3) is 5.57 Å². The molecule has 0 atom stereocenters. The molecule has 1 radical (unpaired) electrons. The van der Waals surface area contributed by atoms with Crippen molar-refractivity contribution in [3.8, 4) is 0 Å². The Morgan fingerprint density at radius 2 is 2.07 bits per heavy atom. The molecule has 1 saturated heterocycles. The van der Waals surface area contributed by atoms with E-state index < -0.39 is 0 Å². The van der Waals surface area contributed by atoms with Gasteiger partial charge in [0.25, 0.3) is 5.91 Å². The van der Waals surface area contributed by atoms with E-state index in [1.807, 2.05) is 17.0 Å². The van der Waals surface area contributed by atoms with Crippen molar-refractivity contribution < 1.29 is 9.47 Å². The third-order valence-corrected chi connectivity index (χ3v) is 5.79. The lowest BCUT2D eigenvalue weighted by molar-refractivity contribution is -0.639. The summed E-state index contributed by atoms with van der Waals surface area (Å²) in [5.74, 6) is 6.33. The van der Waals surface area contributed by atoms with E-state index >= 15 is 0 Å². The molecular formula is C23H27N3O+. The minimum Gasteiger partial charge on any atom is -0.338 e. The summed E-state index contributed by atoms with van der Waals surface area (Å²) in [5, 5.41) is 0. The van der Waals surface area contributed by atoms with Crippen molar-refractivity contribution in [2.45, 2.75) is 44.4 Å². The molecule has 2 aromatic rings. The Hall–Kier alpha value is -2.62. The number of carbonyl (C=O) groups is 1. The van der Waals surface area contributed by atoms with Gasteiger partial charge in [0.2, 0.25) is 6.20 Å². The SMILES string of the molecule is N[n+]1cccc(C(=O)N2CCC(c3cc[c]c(C4=CCCCC4)c3)CC2)c1. The standard InChI is InChI=1S/C23H27N3O/c24-26-13-5-10-22(17-26)23(27)25-14-11-19(12-15-25)21-9-4-8-20(16-21)18-6-2-1-3-7-18/h4-6,9-10,13,16-17,19H,1-3,7,11-12,14-15,24H2/q+1. The van der Waals surface area contributed by atoms with Crippen LogP contribution in [-0.4, -0.2) is 23.9 Å². The van der Waals surface area contributed by atoms with Gasteiger partial charge in [0, 0.05) is 19.2 Å². The van der Waals surface area contributed by atoms with Crippen molar-refractivity contribution in [2.24, 2.45) is 0 Å². The number of nitrogen functional groups attached to an aromatic ring is 1. The second-order valence-electron chi connectivity index (χ2n) is 7.62. The van der Waals surface area contributed by atoms with E-state index in [-0.39, 0.29) is 5.91 Å². The normalized spacial score (nSPS) is 18.2. The predicted octanol–water partition coefficient (Wildman–Crippen LogP) is 3.47. The number of benzene rings is 1. The number of nitrogens with zero attached hydrogens (tertiary/aromatic N) is 2. The predicted molar refractivity (Wildman–Crippen MR) is 106 cm³/mol. The zero-order valence-electron chi connectivity index (χ0n) is 15.7. The van der Waals surface area contributed by atoms with Gasteiger partial charge in [-0.05, 0) is 73.3 Å².